The maximum Gasteiger partial charge on any atom is 0.164 e. The molecule has 0 saturated carbocycles. The van der Waals surface area contributed by atoms with Crippen molar-refractivity contribution in [3.05, 3.63) is 28.8 Å². The number of aliphatic hydroxyl groups excluding tert-OH is 2. The first-order chi connectivity index (χ1) is 9.41. The molecule has 1 rings (SSSR count). The average molecular weight is 286 g/mol. The molecule has 0 spiro atoms. The molecule has 0 aromatic heterocycles. The number of nitrogens with one attached hydrogen (secondary N) is 2. The van der Waals surface area contributed by atoms with Crippen molar-refractivity contribution in [3.8, 4) is 5.75 Å². The summed E-state index contributed by atoms with van der Waals surface area (Å²) in [5.41, 5.74) is 2.43. The quantitative estimate of drug-likeness (QED) is 0.290. The van der Waals surface area contributed by atoms with Crippen LogP contribution in [0.5, 0.6) is 5.75 Å². The minimum absolute atomic E-state index is 0.00436. The second-order valence-corrected chi connectivity index (χ2v) is 4.58. The van der Waals surface area contributed by atoms with Crippen LogP contribution in [0, 0.1) is 6.92 Å². The van der Waals surface area contributed by atoms with Gasteiger partial charge in [-0.2, -0.15) is 0 Å². The van der Waals surface area contributed by atoms with Crippen molar-refractivity contribution >= 4 is 0 Å². The van der Waals surface area contributed by atoms with Gasteiger partial charge in [-0.3, -0.25) is 0 Å². The van der Waals surface area contributed by atoms with Gasteiger partial charge in [-0.15, -0.1) is 0 Å². The molecular formula is C13H22N2O5. The van der Waals surface area contributed by atoms with Gasteiger partial charge in [-0.25, -0.2) is 0 Å². The zero-order valence-corrected chi connectivity index (χ0v) is 11.4. The minimum Gasteiger partial charge on any atom is -0.508 e. The molecule has 1 aromatic carbocycles. The molecule has 0 atom stereocenters. The second-order valence-electron chi connectivity index (χ2n) is 4.58. The molecule has 0 amide bonds. The van der Waals surface area contributed by atoms with Crippen molar-refractivity contribution in [2.24, 2.45) is 0 Å². The number of phenolic OH excluding ortho intramolecular Hbond substituents is 1. The van der Waals surface area contributed by atoms with Crippen LogP contribution in [0.2, 0.25) is 0 Å². The Hall–Kier alpha value is -1.22. The number of aryl methyl sites for hydroxylation is 1. The fraction of sp³-hybridized carbons (Fsp3) is 0.538. The zero-order chi connectivity index (χ0) is 15.1. The van der Waals surface area contributed by atoms with Gasteiger partial charge >= 0.3 is 0 Å². The number of aliphatic hydroxyl groups is 4. The van der Waals surface area contributed by atoms with Crippen molar-refractivity contribution in [1.29, 1.82) is 0 Å². The van der Waals surface area contributed by atoms with Gasteiger partial charge in [0.2, 0.25) is 0 Å². The summed E-state index contributed by atoms with van der Waals surface area (Å²) in [4.78, 5) is 0. The molecular weight excluding hydrogens is 264 g/mol. The molecule has 20 heavy (non-hydrogen) atoms. The second kappa shape index (κ2) is 8.15. The first-order valence-electron chi connectivity index (χ1n) is 6.35. The normalized spacial score (nSPS) is 11.6. The zero-order valence-electron chi connectivity index (χ0n) is 11.4. The Bertz CT molecular complexity index is 384. The van der Waals surface area contributed by atoms with E-state index in [2.05, 4.69) is 10.6 Å². The summed E-state index contributed by atoms with van der Waals surface area (Å²) < 4.78 is 0. The molecule has 0 aliphatic rings. The molecule has 1 aromatic rings. The Morgan fingerprint density at radius 3 is 1.90 bits per heavy atom. The van der Waals surface area contributed by atoms with Crippen LogP contribution in [0.3, 0.4) is 0 Å². The van der Waals surface area contributed by atoms with E-state index in [-0.39, 0.29) is 25.4 Å². The van der Waals surface area contributed by atoms with Crippen LogP contribution in [-0.2, 0) is 13.1 Å². The van der Waals surface area contributed by atoms with E-state index < -0.39 is 12.6 Å². The van der Waals surface area contributed by atoms with E-state index in [4.69, 9.17) is 20.4 Å². The van der Waals surface area contributed by atoms with Crippen LogP contribution in [-0.4, -0.2) is 51.2 Å². The molecule has 0 saturated heterocycles. The Morgan fingerprint density at radius 1 is 0.900 bits per heavy atom. The summed E-state index contributed by atoms with van der Waals surface area (Å²) in [6.07, 6.45) is -2.88. The van der Waals surface area contributed by atoms with Crippen molar-refractivity contribution in [2.45, 2.75) is 32.6 Å². The van der Waals surface area contributed by atoms with Gasteiger partial charge in [0.05, 0.1) is 0 Å². The summed E-state index contributed by atoms with van der Waals surface area (Å²) >= 11 is 0. The molecule has 114 valence electrons. The van der Waals surface area contributed by atoms with Gasteiger partial charge in [0.15, 0.2) is 12.6 Å². The lowest BCUT2D eigenvalue weighted by atomic mass is 10.0. The highest BCUT2D eigenvalue weighted by Gasteiger charge is 2.11. The van der Waals surface area contributed by atoms with E-state index in [9.17, 15) is 5.11 Å². The fourth-order valence-electron chi connectivity index (χ4n) is 1.89. The summed E-state index contributed by atoms with van der Waals surface area (Å²) in [5, 5.41) is 50.8. The highest BCUT2D eigenvalue weighted by Crippen LogP contribution is 2.24. The van der Waals surface area contributed by atoms with Crippen molar-refractivity contribution in [3.63, 3.8) is 0 Å². The lowest BCUT2D eigenvalue weighted by Crippen LogP contribution is -2.28. The third-order valence-electron chi connectivity index (χ3n) is 2.90. The highest BCUT2D eigenvalue weighted by atomic mass is 16.5. The molecule has 0 unspecified atom stereocenters. The largest absolute Gasteiger partial charge is 0.508 e. The predicted molar refractivity (Wildman–Crippen MR) is 72.7 cm³/mol. The molecule has 0 radical (unpaired) electrons. The molecule has 0 aliphatic carbocycles. The monoisotopic (exact) mass is 286 g/mol. The van der Waals surface area contributed by atoms with Gasteiger partial charge in [0.1, 0.15) is 5.75 Å². The van der Waals surface area contributed by atoms with Crippen LogP contribution >= 0.6 is 0 Å². The predicted octanol–water partition coefficient (Wildman–Crippen LogP) is -1.50. The highest BCUT2D eigenvalue weighted by molar-refractivity contribution is 5.44. The summed E-state index contributed by atoms with van der Waals surface area (Å²) in [6.45, 7) is 2.56. The van der Waals surface area contributed by atoms with Crippen molar-refractivity contribution in [2.75, 3.05) is 13.1 Å². The Balaban J connectivity index is 2.76. The van der Waals surface area contributed by atoms with Gasteiger partial charge in [0.25, 0.3) is 0 Å². The first-order valence-corrected chi connectivity index (χ1v) is 6.35. The van der Waals surface area contributed by atoms with Crippen LogP contribution in [0.25, 0.3) is 0 Å². The third kappa shape index (κ3) is 5.41. The van der Waals surface area contributed by atoms with E-state index in [1.54, 1.807) is 12.1 Å². The SMILES string of the molecule is Cc1ccc(O)c(CNCC(O)O)c1CNCC(O)O. The van der Waals surface area contributed by atoms with Crippen LogP contribution < -0.4 is 10.6 Å². The fourth-order valence-corrected chi connectivity index (χ4v) is 1.89. The minimum atomic E-state index is -1.45. The molecule has 7 heteroatoms. The number of phenols is 1. The number of rotatable bonds is 8. The number of benzene rings is 1. The van der Waals surface area contributed by atoms with E-state index >= 15 is 0 Å². The number of hydrogen-bond donors (Lipinski definition) is 7. The molecule has 0 heterocycles. The van der Waals surface area contributed by atoms with Crippen LogP contribution in [0.4, 0.5) is 0 Å². The lowest BCUT2D eigenvalue weighted by molar-refractivity contribution is -0.0383. The van der Waals surface area contributed by atoms with Gasteiger partial charge < -0.3 is 36.2 Å². The summed E-state index contributed by atoms with van der Waals surface area (Å²) in [6, 6.07) is 3.35. The first kappa shape index (κ1) is 16.8. The lowest BCUT2D eigenvalue weighted by Gasteiger charge is -2.16. The Labute approximate surface area is 117 Å². The maximum absolute atomic E-state index is 9.90. The van der Waals surface area contributed by atoms with Crippen molar-refractivity contribution in [1.82, 2.24) is 10.6 Å². The smallest absolute Gasteiger partial charge is 0.164 e. The third-order valence-corrected chi connectivity index (χ3v) is 2.90. The van der Waals surface area contributed by atoms with Crippen molar-refractivity contribution < 1.29 is 25.5 Å². The van der Waals surface area contributed by atoms with Crippen LogP contribution in [0.1, 0.15) is 16.7 Å². The molecule has 7 N–H and O–H groups in total. The van der Waals surface area contributed by atoms with E-state index in [1.165, 1.54) is 0 Å². The Morgan fingerprint density at radius 2 is 1.40 bits per heavy atom. The van der Waals surface area contributed by atoms with Gasteiger partial charge in [-0.05, 0) is 24.1 Å². The number of aromatic hydroxyl groups is 1. The standard InChI is InChI=1S/C13H22N2O5/c1-8-2-3-11(16)10(5-15-7-13(19)20)9(8)4-14-6-12(17)18/h2-3,12-20H,4-7H2,1H3. The number of hydrogen-bond acceptors (Lipinski definition) is 7. The van der Waals surface area contributed by atoms with E-state index in [0.29, 0.717) is 12.1 Å². The van der Waals surface area contributed by atoms with Crippen LogP contribution in [0.15, 0.2) is 12.1 Å². The van der Waals surface area contributed by atoms with E-state index in [1.807, 2.05) is 6.92 Å². The average Bonchev–Trinajstić information content (AvgIpc) is 2.35. The molecule has 7 nitrogen and oxygen atoms in total. The van der Waals surface area contributed by atoms with E-state index in [0.717, 1.165) is 11.1 Å². The van der Waals surface area contributed by atoms with Gasteiger partial charge in [-0.1, -0.05) is 6.07 Å². The maximum atomic E-state index is 9.90. The topological polar surface area (TPSA) is 125 Å². The summed E-state index contributed by atoms with van der Waals surface area (Å²) in [5.74, 6) is 0.108. The molecule has 0 aliphatic heterocycles. The Kier molecular flexibility index (Phi) is 6.86. The summed E-state index contributed by atoms with van der Waals surface area (Å²) in [7, 11) is 0. The molecule has 0 fully saturated rings. The van der Waals surface area contributed by atoms with Gasteiger partial charge in [0, 0.05) is 31.7 Å². The molecule has 0 bridgehead atoms.